The second kappa shape index (κ2) is 9.17. The number of carbonyl (C=O) groups excluding carboxylic acids is 1. The number of piperazine rings is 1. The van der Waals surface area contributed by atoms with Gasteiger partial charge in [-0.15, -0.1) is 10.2 Å². The minimum atomic E-state index is -4.54. The fraction of sp³-hybridized carbons (Fsp3) is 0.458. The summed E-state index contributed by atoms with van der Waals surface area (Å²) >= 11 is 0. The standard InChI is InChI=1S/C24H22F6N8O/c25-23(26,27)15-1-3-20(31-8-15)38-10-14-9-35(6-5-18(14)34-38)22(39)13-36-11-17-7-16(36)12-37(17)21-4-2-19(32-33-21)24(28,29)30/h1-4,8,10,16-17H,5-7,9,11-13H2. The van der Waals surface area contributed by atoms with Gasteiger partial charge in [-0.1, -0.05) is 0 Å². The van der Waals surface area contributed by atoms with E-state index in [9.17, 15) is 31.1 Å². The van der Waals surface area contributed by atoms with E-state index in [0.29, 0.717) is 38.4 Å². The highest BCUT2D eigenvalue weighted by Gasteiger charge is 2.45. The molecule has 6 heterocycles. The van der Waals surface area contributed by atoms with Crippen LogP contribution >= 0.6 is 0 Å². The van der Waals surface area contributed by atoms with E-state index in [1.165, 1.54) is 16.8 Å². The first-order valence-corrected chi connectivity index (χ1v) is 12.3. The predicted octanol–water partition coefficient (Wildman–Crippen LogP) is 2.94. The molecule has 3 aromatic rings. The van der Waals surface area contributed by atoms with Crippen LogP contribution in [0, 0.1) is 0 Å². The Kier molecular flexibility index (Phi) is 6.00. The third-order valence-electron chi connectivity index (χ3n) is 7.45. The number of alkyl halides is 6. The smallest absolute Gasteiger partial charge is 0.349 e. The molecule has 0 radical (unpaired) electrons. The van der Waals surface area contributed by atoms with Gasteiger partial charge in [-0.05, 0) is 30.7 Å². The van der Waals surface area contributed by atoms with E-state index in [1.807, 2.05) is 4.90 Å². The highest BCUT2D eigenvalue weighted by Crippen LogP contribution is 2.35. The lowest BCUT2D eigenvalue weighted by atomic mass is 10.1. The number of anilines is 1. The maximum atomic E-state index is 13.1. The summed E-state index contributed by atoms with van der Waals surface area (Å²) < 4.78 is 78.2. The van der Waals surface area contributed by atoms with E-state index in [4.69, 9.17) is 0 Å². The number of hydrogen-bond acceptors (Lipinski definition) is 7. The van der Waals surface area contributed by atoms with Crippen LogP contribution < -0.4 is 4.90 Å². The lowest BCUT2D eigenvalue weighted by Gasteiger charge is -2.35. The van der Waals surface area contributed by atoms with E-state index in [0.717, 1.165) is 36.0 Å². The van der Waals surface area contributed by atoms with Crippen molar-refractivity contribution in [2.75, 3.05) is 31.1 Å². The largest absolute Gasteiger partial charge is 0.435 e. The molecule has 0 spiro atoms. The average molecular weight is 552 g/mol. The van der Waals surface area contributed by atoms with E-state index in [1.54, 1.807) is 11.1 Å². The molecule has 2 fully saturated rings. The zero-order valence-corrected chi connectivity index (χ0v) is 20.3. The summed E-state index contributed by atoms with van der Waals surface area (Å²) in [7, 11) is 0. The molecule has 39 heavy (non-hydrogen) atoms. The van der Waals surface area contributed by atoms with Gasteiger partial charge in [0.1, 0.15) is 0 Å². The molecule has 3 aliphatic heterocycles. The van der Waals surface area contributed by atoms with E-state index >= 15 is 0 Å². The second-order valence-corrected chi connectivity index (χ2v) is 9.91. The van der Waals surface area contributed by atoms with Crippen molar-refractivity contribution in [3.8, 4) is 5.82 Å². The lowest BCUT2D eigenvalue weighted by Crippen LogP contribution is -2.51. The molecule has 2 saturated heterocycles. The van der Waals surface area contributed by atoms with Crippen molar-refractivity contribution in [2.24, 2.45) is 0 Å². The SMILES string of the molecule is O=C(CN1CC2CC1CN2c1ccc(C(F)(F)F)nn1)N1CCc2nn(-c3ccc(C(F)(F)F)cn3)cc2C1. The molecule has 0 aliphatic carbocycles. The van der Waals surface area contributed by atoms with Crippen molar-refractivity contribution in [1.29, 1.82) is 0 Å². The fourth-order valence-electron chi connectivity index (χ4n) is 5.46. The fourth-order valence-corrected chi connectivity index (χ4v) is 5.46. The Morgan fingerprint density at radius 2 is 1.74 bits per heavy atom. The van der Waals surface area contributed by atoms with Gasteiger partial charge in [0.05, 0.1) is 17.8 Å². The molecule has 3 aliphatic rings. The van der Waals surface area contributed by atoms with Gasteiger partial charge in [0.2, 0.25) is 5.91 Å². The van der Waals surface area contributed by atoms with Gasteiger partial charge in [0, 0.05) is 62.6 Å². The molecule has 2 atom stereocenters. The van der Waals surface area contributed by atoms with Gasteiger partial charge >= 0.3 is 12.4 Å². The van der Waals surface area contributed by atoms with Gasteiger partial charge in [-0.3, -0.25) is 9.69 Å². The number of pyridine rings is 1. The van der Waals surface area contributed by atoms with Crippen LogP contribution in [0.3, 0.4) is 0 Å². The number of hydrogen-bond donors (Lipinski definition) is 0. The van der Waals surface area contributed by atoms with E-state index < -0.39 is 23.6 Å². The summed E-state index contributed by atoms with van der Waals surface area (Å²) in [4.78, 5) is 22.8. The van der Waals surface area contributed by atoms with Crippen LogP contribution in [-0.2, 0) is 30.1 Å². The first-order valence-electron chi connectivity index (χ1n) is 12.3. The number of halogens is 6. The number of fused-ring (bicyclic) bond motifs is 3. The van der Waals surface area contributed by atoms with Gasteiger partial charge in [0.15, 0.2) is 17.3 Å². The third kappa shape index (κ3) is 4.90. The van der Waals surface area contributed by atoms with Crippen LogP contribution in [0.15, 0.2) is 36.7 Å². The molecule has 0 aromatic carbocycles. The third-order valence-corrected chi connectivity index (χ3v) is 7.45. The summed E-state index contributed by atoms with van der Waals surface area (Å²) in [5.74, 6) is 0.602. The molecular formula is C24H22F6N8O. The van der Waals surface area contributed by atoms with Gasteiger partial charge in [0.25, 0.3) is 0 Å². The minimum absolute atomic E-state index is 0.0382. The molecule has 2 unspecified atom stereocenters. The Balaban J connectivity index is 1.06. The highest BCUT2D eigenvalue weighted by atomic mass is 19.4. The van der Waals surface area contributed by atoms with Crippen LogP contribution in [-0.4, -0.2) is 78.9 Å². The Labute approximate surface area is 218 Å². The number of nitrogens with zero attached hydrogens (tertiary/aromatic N) is 8. The Morgan fingerprint density at radius 1 is 0.949 bits per heavy atom. The Bertz CT molecular complexity index is 1370. The van der Waals surface area contributed by atoms with E-state index in [2.05, 4.69) is 25.2 Å². The summed E-state index contributed by atoms with van der Waals surface area (Å²) in [6.07, 6.45) is -5.26. The molecule has 0 saturated carbocycles. The molecule has 206 valence electrons. The van der Waals surface area contributed by atoms with Crippen molar-refractivity contribution in [2.45, 2.75) is 43.8 Å². The average Bonchev–Trinajstić information content (AvgIpc) is 3.61. The molecule has 1 amide bonds. The summed E-state index contributed by atoms with van der Waals surface area (Å²) in [5.41, 5.74) is -0.291. The number of carbonyl (C=O) groups is 1. The molecule has 3 aromatic heterocycles. The van der Waals surface area contributed by atoms with Gasteiger partial charge < -0.3 is 9.80 Å². The zero-order valence-electron chi connectivity index (χ0n) is 20.3. The van der Waals surface area contributed by atoms with E-state index in [-0.39, 0.29) is 30.4 Å². The van der Waals surface area contributed by atoms with Gasteiger partial charge in [-0.25, -0.2) is 9.67 Å². The van der Waals surface area contributed by atoms with Crippen LogP contribution in [0.25, 0.3) is 5.82 Å². The Hall–Kier alpha value is -3.75. The minimum Gasteiger partial charge on any atom is -0.349 e. The normalized spacial score (nSPS) is 21.5. The summed E-state index contributed by atoms with van der Waals surface area (Å²) in [5, 5.41) is 11.5. The summed E-state index contributed by atoms with van der Waals surface area (Å²) in [6, 6.07) is 4.58. The summed E-state index contributed by atoms with van der Waals surface area (Å²) in [6.45, 7) is 2.17. The number of rotatable bonds is 4. The van der Waals surface area contributed by atoms with Crippen molar-refractivity contribution in [1.82, 2.24) is 34.8 Å². The van der Waals surface area contributed by atoms with Crippen LogP contribution in [0.4, 0.5) is 32.2 Å². The van der Waals surface area contributed by atoms with Crippen molar-refractivity contribution in [3.05, 3.63) is 59.2 Å². The second-order valence-electron chi connectivity index (χ2n) is 9.91. The lowest BCUT2D eigenvalue weighted by molar-refractivity contribution is -0.141. The molecule has 6 rings (SSSR count). The van der Waals surface area contributed by atoms with Crippen LogP contribution in [0.1, 0.15) is 28.9 Å². The van der Waals surface area contributed by atoms with Crippen molar-refractivity contribution >= 4 is 11.7 Å². The molecule has 15 heteroatoms. The van der Waals surface area contributed by atoms with Crippen molar-refractivity contribution in [3.63, 3.8) is 0 Å². The highest BCUT2D eigenvalue weighted by molar-refractivity contribution is 5.78. The monoisotopic (exact) mass is 552 g/mol. The first kappa shape index (κ1) is 25.5. The molecule has 2 bridgehead atoms. The predicted molar refractivity (Wildman–Crippen MR) is 124 cm³/mol. The van der Waals surface area contributed by atoms with Gasteiger partial charge in [-0.2, -0.15) is 31.4 Å². The molecular weight excluding hydrogens is 530 g/mol. The van der Waals surface area contributed by atoms with Crippen LogP contribution in [0.5, 0.6) is 0 Å². The Morgan fingerprint density at radius 3 is 2.36 bits per heavy atom. The number of aromatic nitrogens is 5. The molecule has 9 nitrogen and oxygen atoms in total. The van der Waals surface area contributed by atoms with Crippen LogP contribution in [0.2, 0.25) is 0 Å². The zero-order chi connectivity index (χ0) is 27.5. The maximum absolute atomic E-state index is 13.1. The van der Waals surface area contributed by atoms with Crippen molar-refractivity contribution < 1.29 is 31.1 Å². The first-order chi connectivity index (χ1) is 18.5. The molecule has 0 N–H and O–H groups in total. The number of likely N-dealkylation sites (tertiary alicyclic amines) is 1. The topological polar surface area (TPSA) is 83.3 Å². The number of amides is 1. The quantitative estimate of drug-likeness (QED) is 0.461. The maximum Gasteiger partial charge on any atom is 0.435 e.